The summed E-state index contributed by atoms with van der Waals surface area (Å²) in [5.41, 5.74) is -0.558. The van der Waals surface area contributed by atoms with E-state index >= 15 is 0 Å². The molecule has 6 heteroatoms. The lowest BCUT2D eigenvalue weighted by Crippen LogP contribution is -2.45. The van der Waals surface area contributed by atoms with E-state index in [1.165, 1.54) is 18.7 Å². The van der Waals surface area contributed by atoms with Gasteiger partial charge in [-0.05, 0) is 33.1 Å². The molecule has 0 radical (unpaired) electrons. The Labute approximate surface area is 130 Å². The summed E-state index contributed by atoms with van der Waals surface area (Å²) in [5, 5.41) is 0.0556. The number of carbonyl (C=O) groups excluding carboxylic acids is 3. The Morgan fingerprint density at radius 1 is 1.43 bits per heavy atom. The van der Waals surface area contributed by atoms with Crippen molar-refractivity contribution in [2.45, 2.75) is 59.1 Å². The van der Waals surface area contributed by atoms with Crippen LogP contribution in [0, 0.1) is 5.92 Å². The van der Waals surface area contributed by atoms with Gasteiger partial charge in [0.25, 0.3) is 0 Å². The molecule has 1 aliphatic rings. The van der Waals surface area contributed by atoms with Gasteiger partial charge in [-0.25, -0.2) is 4.79 Å². The topological polar surface area (TPSA) is 63.7 Å². The van der Waals surface area contributed by atoms with E-state index in [1.807, 2.05) is 27.7 Å². The smallest absolute Gasteiger partial charge is 0.329 e. The van der Waals surface area contributed by atoms with Crippen molar-refractivity contribution in [3.8, 4) is 0 Å². The molecule has 1 amide bonds. The first-order chi connectivity index (χ1) is 9.64. The van der Waals surface area contributed by atoms with Gasteiger partial charge in [0.1, 0.15) is 11.6 Å². The van der Waals surface area contributed by atoms with Gasteiger partial charge in [0, 0.05) is 25.6 Å². The molecule has 120 valence electrons. The molecule has 0 saturated carbocycles. The van der Waals surface area contributed by atoms with Crippen LogP contribution < -0.4 is 0 Å². The van der Waals surface area contributed by atoms with Gasteiger partial charge in [0.05, 0.1) is 0 Å². The summed E-state index contributed by atoms with van der Waals surface area (Å²) < 4.78 is 5.39. The quantitative estimate of drug-likeness (QED) is 0.728. The fraction of sp³-hybridized carbons (Fsp3) is 0.800. The second-order valence-corrected chi connectivity index (χ2v) is 7.57. The highest BCUT2D eigenvalue weighted by molar-refractivity contribution is 8.13. The van der Waals surface area contributed by atoms with E-state index in [0.29, 0.717) is 25.1 Å². The lowest BCUT2D eigenvalue weighted by atomic mass is 10.1. The Bertz CT molecular complexity index is 416. The van der Waals surface area contributed by atoms with Crippen molar-refractivity contribution in [3.63, 3.8) is 0 Å². The zero-order valence-corrected chi connectivity index (χ0v) is 14.3. The molecule has 0 aromatic carbocycles. The Hall–Kier alpha value is -1.04. The highest BCUT2D eigenvalue weighted by atomic mass is 32.2. The molecule has 1 saturated heterocycles. The molecule has 0 N–H and O–H groups in total. The Balaban J connectivity index is 2.66. The molecule has 1 fully saturated rings. The third-order valence-electron chi connectivity index (χ3n) is 3.20. The van der Waals surface area contributed by atoms with Crippen LogP contribution in [-0.2, 0) is 19.1 Å². The van der Waals surface area contributed by atoms with Crippen LogP contribution in [0.25, 0.3) is 0 Å². The zero-order chi connectivity index (χ0) is 16.2. The van der Waals surface area contributed by atoms with E-state index in [2.05, 4.69) is 0 Å². The molecule has 0 aromatic heterocycles. The van der Waals surface area contributed by atoms with E-state index in [9.17, 15) is 14.4 Å². The van der Waals surface area contributed by atoms with Crippen LogP contribution >= 0.6 is 11.8 Å². The van der Waals surface area contributed by atoms with Crippen molar-refractivity contribution < 1.29 is 19.1 Å². The van der Waals surface area contributed by atoms with Crippen molar-refractivity contribution in [1.82, 2.24) is 4.90 Å². The van der Waals surface area contributed by atoms with Crippen LogP contribution in [0.2, 0.25) is 0 Å². The largest absolute Gasteiger partial charge is 0.458 e. The third kappa shape index (κ3) is 5.69. The lowest BCUT2D eigenvalue weighted by Gasteiger charge is -2.29. The van der Waals surface area contributed by atoms with E-state index in [0.717, 1.165) is 0 Å². The summed E-state index contributed by atoms with van der Waals surface area (Å²) >= 11 is 1.24. The van der Waals surface area contributed by atoms with Crippen molar-refractivity contribution in [2.24, 2.45) is 5.92 Å². The number of ether oxygens (including phenoxy) is 1. The highest BCUT2D eigenvalue weighted by Gasteiger charge is 2.38. The van der Waals surface area contributed by atoms with Gasteiger partial charge in [-0.1, -0.05) is 18.7 Å². The maximum absolute atomic E-state index is 12.2. The van der Waals surface area contributed by atoms with Crippen LogP contribution in [-0.4, -0.2) is 45.8 Å². The predicted octanol–water partition coefficient (Wildman–Crippen LogP) is 2.23. The molecule has 1 heterocycles. The van der Waals surface area contributed by atoms with E-state index < -0.39 is 11.6 Å². The van der Waals surface area contributed by atoms with E-state index in [4.69, 9.17) is 4.74 Å². The number of amides is 1. The van der Waals surface area contributed by atoms with Gasteiger partial charge >= 0.3 is 5.97 Å². The number of nitrogens with zero attached hydrogens (tertiary/aromatic N) is 1. The van der Waals surface area contributed by atoms with Gasteiger partial charge in [-0.3, -0.25) is 9.59 Å². The van der Waals surface area contributed by atoms with Crippen molar-refractivity contribution in [1.29, 1.82) is 0 Å². The molecular formula is C15H25NO4S. The van der Waals surface area contributed by atoms with Gasteiger partial charge in [-0.15, -0.1) is 0 Å². The van der Waals surface area contributed by atoms with Crippen molar-refractivity contribution >= 4 is 28.8 Å². The van der Waals surface area contributed by atoms with Crippen molar-refractivity contribution in [2.75, 3.05) is 12.3 Å². The number of likely N-dealkylation sites (tertiary alicyclic amines) is 1. The Kier molecular flexibility index (Phi) is 6.25. The number of hydrogen-bond acceptors (Lipinski definition) is 5. The first-order valence-electron chi connectivity index (χ1n) is 7.29. The molecule has 1 rings (SSSR count). The standard InChI is InChI=1S/C15H25NO4S/c1-6-12(14(19)20-15(3,4)5)16-8-11(7-13(16)18)9-21-10(2)17/h11-12H,6-9H2,1-5H3/t11?,12-/m1/s1. The molecule has 0 aromatic rings. The molecular weight excluding hydrogens is 290 g/mol. The van der Waals surface area contributed by atoms with Gasteiger partial charge in [0.15, 0.2) is 5.12 Å². The number of hydrogen-bond donors (Lipinski definition) is 0. The second kappa shape index (κ2) is 7.29. The molecule has 0 spiro atoms. The van der Waals surface area contributed by atoms with Crippen LogP contribution in [0.3, 0.4) is 0 Å². The summed E-state index contributed by atoms with van der Waals surface area (Å²) in [6.07, 6.45) is 0.937. The number of esters is 1. The average molecular weight is 315 g/mol. The first kappa shape index (κ1) is 18.0. The second-order valence-electron chi connectivity index (χ2n) is 6.38. The number of carbonyl (C=O) groups is 3. The van der Waals surface area contributed by atoms with Gasteiger partial charge in [-0.2, -0.15) is 0 Å². The summed E-state index contributed by atoms with van der Waals surface area (Å²) in [6.45, 7) is 9.37. The molecule has 0 bridgehead atoms. The van der Waals surface area contributed by atoms with E-state index in [-0.39, 0.29) is 22.9 Å². The van der Waals surface area contributed by atoms with Crippen LogP contribution in [0.1, 0.15) is 47.5 Å². The van der Waals surface area contributed by atoms with Crippen LogP contribution in [0.4, 0.5) is 0 Å². The zero-order valence-electron chi connectivity index (χ0n) is 13.5. The molecule has 21 heavy (non-hydrogen) atoms. The maximum Gasteiger partial charge on any atom is 0.329 e. The lowest BCUT2D eigenvalue weighted by molar-refractivity contribution is -0.163. The summed E-state index contributed by atoms with van der Waals surface area (Å²) in [4.78, 5) is 37.0. The van der Waals surface area contributed by atoms with E-state index in [1.54, 1.807) is 4.90 Å². The average Bonchev–Trinajstić information content (AvgIpc) is 2.67. The molecule has 1 aliphatic heterocycles. The predicted molar refractivity (Wildman–Crippen MR) is 82.9 cm³/mol. The summed E-state index contributed by atoms with van der Waals surface area (Å²) in [7, 11) is 0. The molecule has 0 aliphatic carbocycles. The minimum absolute atomic E-state index is 0.0261. The van der Waals surface area contributed by atoms with Gasteiger partial charge in [0.2, 0.25) is 5.91 Å². The number of thioether (sulfide) groups is 1. The Morgan fingerprint density at radius 3 is 2.52 bits per heavy atom. The van der Waals surface area contributed by atoms with Crippen LogP contribution in [0.5, 0.6) is 0 Å². The SMILES string of the molecule is CC[C@H](C(=O)OC(C)(C)C)N1CC(CSC(C)=O)CC1=O. The molecule has 5 nitrogen and oxygen atoms in total. The monoisotopic (exact) mass is 315 g/mol. The Morgan fingerprint density at radius 2 is 2.05 bits per heavy atom. The fourth-order valence-corrected chi connectivity index (χ4v) is 3.03. The van der Waals surface area contributed by atoms with Crippen LogP contribution in [0.15, 0.2) is 0 Å². The minimum Gasteiger partial charge on any atom is -0.458 e. The molecule has 1 unspecified atom stereocenters. The maximum atomic E-state index is 12.2. The third-order valence-corrected chi connectivity index (χ3v) is 4.25. The molecule has 2 atom stereocenters. The number of rotatable bonds is 5. The van der Waals surface area contributed by atoms with Gasteiger partial charge < -0.3 is 9.64 Å². The normalized spacial score (nSPS) is 20.5. The first-order valence-corrected chi connectivity index (χ1v) is 8.28. The fourth-order valence-electron chi connectivity index (χ4n) is 2.34. The minimum atomic E-state index is -0.558. The summed E-state index contributed by atoms with van der Waals surface area (Å²) in [5.74, 6) is 0.380. The summed E-state index contributed by atoms with van der Waals surface area (Å²) in [6, 6.07) is -0.524. The van der Waals surface area contributed by atoms with Crippen molar-refractivity contribution in [3.05, 3.63) is 0 Å². The highest BCUT2D eigenvalue weighted by Crippen LogP contribution is 2.26.